The Morgan fingerprint density at radius 1 is 1.19 bits per heavy atom. The molecule has 0 bridgehead atoms. The van der Waals surface area contributed by atoms with E-state index in [-0.39, 0.29) is 17.5 Å². The lowest BCUT2D eigenvalue weighted by Gasteiger charge is -2.33. The van der Waals surface area contributed by atoms with Crippen LogP contribution < -0.4 is 5.56 Å². The maximum atomic E-state index is 13.0. The molecule has 172 valence electrons. The second-order valence-electron chi connectivity index (χ2n) is 9.55. The summed E-state index contributed by atoms with van der Waals surface area (Å²) in [5.41, 5.74) is 1.98. The number of nitrogens with one attached hydrogen (secondary N) is 1. The van der Waals surface area contributed by atoms with E-state index >= 15 is 0 Å². The van der Waals surface area contributed by atoms with E-state index in [2.05, 4.69) is 15.0 Å². The number of aromatic nitrogens is 3. The number of carbonyl (C=O) groups excluding carboxylic acids is 1. The average Bonchev–Trinajstić information content (AvgIpc) is 3.49. The van der Waals surface area contributed by atoms with Gasteiger partial charge in [0.2, 0.25) is 0 Å². The lowest BCUT2D eigenvalue weighted by atomic mass is 9.88. The molecule has 1 atom stereocenters. The van der Waals surface area contributed by atoms with Crippen LogP contribution in [0.1, 0.15) is 91.2 Å². The Morgan fingerprint density at radius 2 is 2.03 bits per heavy atom. The van der Waals surface area contributed by atoms with E-state index < -0.39 is 0 Å². The summed E-state index contributed by atoms with van der Waals surface area (Å²) in [5.74, 6) is 1.91. The van der Waals surface area contributed by atoms with E-state index in [0.29, 0.717) is 36.8 Å². The van der Waals surface area contributed by atoms with Gasteiger partial charge in [-0.2, -0.15) is 0 Å². The van der Waals surface area contributed by atoms with Crippen molar-refractivity contribution in [2.75, 3.05) is 19.6 Å². The van der Waals surface area contributed by atoms with Crippen LogP contribution in [-0.4, -0.2) is 50.5 Å². The number of aryl methyl sites for hydroxylation is 1. The van der Waals surface area contributed by atoms with Crippen LogP contribution in [0, 0.1) is 5.92 Å². The molecule has 5 rings (SSSR count). The summed E-state index contributed by atoms with van der Waals surface area (Å²) in [6.07, 6.45) is 9.83. The number of hydrogen-bond donors (Lipinski definition) is 1. The molecule has 0 radical (unpaired) electrons. The number of amides is 1. The van der Waals surface area contributed by atoms with Crippen LogP contribution in [0.4, 0.5) is 0 Å². The SMILES string of the molecule is CCc1cc(C(=O)N2CCCC2c2nc3c(c(=O)[nH]2)CN(CC2CCCCC2)CC3)no1. The second-order valence-corrected chi connectivity index (χ2v) is 9.55. The molecule has 1 saturated carbocycles. The molecule has 1 aliphatic carbocycles. The molecule has 4 heterocycles. The first-order valence-corrected chi connectivity index (χ1v) is 12.2. The molecule has 1 amide bonds. The minimum absolute atomic E-state index is 0.0488. The normalized spacial score (nSPS) is 22.3. The Labute approximate surface area is 188 Å². The third-order valence-corrected chi connectivity index (χ3v) is 7.36. The Hall–Kier alpha value is -2.48. The summed E-state index contributed by atoms with van der Waals surface area (Å²) < 4.78 is 5.22. The molecule has 3 aliphatic rings. The van der Waals surface area contributed by atoms with E-state index in [1.54, 1.807) is 11.0 Å². The predicted octanol–water partition coefficient (Wildman–Crippen LogP) is 3.24. The molecule has 1 saturated heterocycles. The highest BCUT2D eigenvalue weighted by Crippen LogP contribution is 2.32. The largest absolute Gasteiger partial charge is 0.361 e. The van der Waals surface area contributed by atoms with Crippen LogP contribution in [0.25, 0.3) is 0 Å². The number of aromatic amines is 1. The van der Waals surface area contributed by atoms with Gasteiger partial charge in [0, 0.05) is 45.1 Å². The summed E-state index contributed by atoms with van der Waals surface area (Å²) in [7, 11) is 0. The molecule has 0 spiro atoms. The van der Waals surface area contributed by atoms with Gasteiger partial charge < -0.3 is 14.4 Å². The smallest absolute Gasteiger partial charge is 0.276 e. The van der Waals surface area contributed by atoms with Gasteiger partial charge in [-0.05, 0) is 31.6 Å². The van der Waals surface area contributed by atoms with Crippen LogP contribution in [-0.2, 0) is 19.4 Å². The fourth-order valence-corrected chi connectivity index (χ4v) is 5.57. The highest BCUT2D eigenvalue weighted by Gasteiger charge is 2.35. The number of rotatable bonds is 5. The van der Waals surface area contributed by atoms with Crippen LogP contribution in [0.2, 0.25) is 0 Å². The van der Waals surface area contributed by atoms with Crippen molar-refractivity contribution in [3.05, 3.63) is 45.0 Å². The van der Waals surface area contributed by atoms with Crippen molar-refractivity contribution in [2.45, 2.75) is 77.3 Å². The molecule has 8 nitrogen and oxygen atoms in total. The Bertz CT molecular complexity index is 1020. The Kier molecular flexibility index (Phi) is 6.13. The van der Waals surface area contributed by atoms with E-state index in [9.17, 15) is 9.59 Å². The van der Waals surface area contributed by atoms with Crippen LogP contribution in [0.3, 0.4) is 0 Å². The zero-order valence-corrected chi connectivity index (χ0v) is 18.9. The third kappa shape index (κ3) is 4.25. The minimum atomic E-state index is -0.220. The summed E-state index contributed by atoms with van der Waals surface area (Å²) in [4.78, 5) is 38.2. The number of carbonyl (C=O) groups is 1. The summed E-state index contributed by atoms with van der Waals surface area (Å²) in [6, 6.07) is 1.49. The average molecular weight is 440 g/mol. The first-order valence-electron chi connectivity index (χ1n) is 12.2. The number of likely N-dealkylation sites (tertiary alicyclic amines) is 1. The maximum Gasteiger partial charge on any atom is 0.276 e. The van der Waals surface area contributed by atoms with Gasteiger partial charge in [0.1, 0.15) is 11.6 Å². The van der Waals surface area contributed by atoms with Crippen molar-refractivity contribution >= 4 is 5.91 Å². The fraction of sp³-hybridized carbons (Fsp3) is 0.667. The van der Waals surface area contributed by atoms with Crippen LogP contribution in [0.15, 0.2) is 15.4 Å². The molecular formula is C24H33N5O3. The minimum Gasteiger partial charge on any atom is -0.361 e. The first-order chi connectivity index (χ1) is 15.6. The third-order valence-electron chi connectivity index (χ3n) is 7.36. The molecule has 2 aromatic rings. The van der Waals surface area contributed by atoms with E-state index in [4.69, 9.17) is 9.51 Å². The molecule has 1 unspecified atom stereocenters. The lowest BCUT2D eigenvalue weighted by molar-refractivity contribution is 0.0718. The number of H-pyrrole nitrogens is 1. The topological polar surface area (TPSA) is 95.3 Å². The van der Waals surface area contributed by atoms with Gasteiger partial charge in [0.25, 0.3) is 11.5 Å². The molecule has 32 heavy (non-hydrogen) atoms. The molecule has 0 aromatic carbocycles. The van der Waals surface area contributed by atoms with Gasteiger partial charge in [-0.15, -0.1) is 0 Å². The Balaban J connectivity index is 1.32. The number of fused-ring (bicyclic) bond motifs is 1. The maximum absolute atomic E-state index is 13.0. The summed E-state index contributed by atoms with van der Waals surface area (Å²) >= 11 is 0. The van der Waals surface area contributed by atoms with Crippen molar-refractivity contribution in [3.63, 3.8) is 0 Å². The highest BCUT2D eigenvalue weighted by atomic mass is 16.5. The predicted molar refractivity (Wildman–Crippen MR) is 119 cm³/mol. The summed E-state index contributed by atoms with van der Waals surface area (Å²) in [6.45, 7) is 5.31. The zero-order chi connectivity index (χ0) is 22.1. The van der Waals surface area contributed by atoms with Gasteiger partial charge >= 0.3 is 0 Å². The zero-order valence-electron chi connectivity index (χ0n) is 18.9. The molecule has 2 fully saturated rings. The Morgan fingerprint density at radius 3 is 2.81 bits per heavy atom. The van der Waals surface area contributed by atoms with Gasteiger partial charge in [0.05, 0.1) is 17.3 Å². The van der Waals surface area contributed by atoms with Crippen LogP contribution in [0.5, 0.6) is 0 Å². The first kappa shape index (κ1) is 21.4. The van der Waals surface area contributed by atoms with Crippen molar-refractivity contribution in [1.29, 1.82) is 0 Å². The molecule has 2 aromatic heterocycles. The molecule has 1 N–H and O–H groups in total. The fourth-order valence-electron chi connectivity index (χ4n) is 5.57. The van der Waals surface area contributed by atoms with Crippen molar-refractivity contribution in [2.24, 2.45) is 5.92 Å². The number of hydrogen-bond acceptors (Lipinski definition) is 6. The van der Waals surface area contributed by atoms with Crippen molar-refractivity contribution < 1.29 is 9.32 Å². The van der Waals surface area contributed by atoms with E-state index in [1.807, 2.05) is 6.92 Å². The van der Waals surface area contributed by atoms with Gasteiger partial charge in [-0.1, -0.05) is 31.3 Å². The van der Waals surface area contributed by atoms with Crippen molar-refractivity contribution in [3.8, 4) is 0 Å². The van der Waals surface area contributed by atoms with Gasteiger partial charge in [-0.25, -0.2) is 4.98 Å². The summed E-state index contributed by atoms with van der Waals surface area (Å²) in [5, 5.41) is 3.94. The lowest BCUT2D eigenvalue weighted by Crippen LogP contribution is -2.40. The standard InChI is InChI=1S/C24H33N5O3/c1-2-17-13-20(27-32-17)24(31)29-11-6-9-21(29)22-25-19-10-12-28(15-18(19)23(30)26-22)14-16-7-4-3-5-8-16/h13,16,21H,2-12,14-15H2,1H3,(H,25,26,30). The van der Waals surface area contributed by atoms with Crippen molar-refractivity contribution in [1.82, 2.24) is 24.9 Å². The van der Waals surface area contributed by atoms with E-state index in [0.717, 1.165) is 49.5 Å². The highest BCUT2D eigenvalue weighted by molar-refractivity contribution is 5.92. The van der Waals surface area contributed by atoms with E-state index in [1.165, 1.54) is 32.1 Å². The molecular weight excluding hydrogens is 406 g/mol. The molecule has 2 aliphatic heterocycles. The molecule has 8 heteroatoms. The second kappa shape index (κ2) is 9.17. The van der Waals surface area contributed by atoms with Crippen LogP contribution >= 0.6 is 0 Å². The van der Waals surface area contributed by atoms with Gasteiger partial charge in [0.15, 0.2) is 5.69 Å². The quantitative estimate of drug-likeness (QED) is 0.768. The number of nitrogens with zero attached hydrogens (tertiary/aromatic N) is 4. The van der Waals surface area contributed by atoms with Gasteiger partial charge in [-0.3, -0.25) is 14.5 Å². The monoisotopic (exact) mass is 439 g/mol.